The predicted octanol–water partition coefficient (Wildman–Crippen LogP) is 14.1. The van der Waals surface area contributed by atoms with E-state index in [1.807, 2.05) is 73.8 Å². The van der Waals surface area contributed by atoms with Crippen molar-refractivity contribution >= 4 is 17.0 Å². The van der Waals surface area contributed by atoms with E-state index in [0.717, 1.165) is 5.69 Å². The molecule has 0 fully saturated rings. The quantitative estimate of drug-likeness (QED) is 0.176. The van der Waals surface area contributed by atoms with Gasteiger partial charge in [-0.05, 0) is 29.2 Å². The number of hydrogen-bond donors (Lipinski definition) is 0. The molecule has 0 saturated heterocycles. The number of benzene rings is 4. The first-order chi connectivity index (χ1) is 21.2. The molecule has 0 saturated carbocycles. The average molecular weight is 684 g/mol. The molecule has 235 valence electrons. The van der Waals surface area contributed by atoms with Crippen molar-refractivity contribution in [1.82, 2.24) is 0 Å². The first-order valence-corrected chi connectivity index (χ1v) is 16.5. The zero-order valence-corrected chi connectivity index (χ0v) is 32.9. The summed E-state index contributed by atoms with van der Waals surface area (Å²) < 4.78 is 0. The average Bonchev–Trinajstić information content (AvgIpc) is 3.51. The maximum atomic E-state index is 4.32. The molecular weight excluding hydrogens is 629 g/mol. The fourth-order valence-electron chi connectivity index (χ4n) is 4.07. The van der Waals surface area contributed by atoms with E-state index in [1.54, 1.807) is 14.1 Å². The van der Waals surface area contributed by atoms with Crippen LogP contribution in [0.25, 0.3) is 53.8 Å². The Hall–Kier alpha value is -2.56. The number of hydrogen-bond acceptors (Lipinski definition) is 1. The van der Waals surface area contributed by atoms with Gasteiger partial charge in [0.15, 0.2) is 0 Å². The van der Waals surface area contributed by atoms with E-state index in [4.69, 9.17) is 0 Å². The van der Waals surface area contributed by atoms with Crippen LogP contribution in [0.5, 0.6) is 0 Å². The summed E-state index contributed by atoms with van der Waals surface area (Å²) in [6.45, 7) is 18.1. The van der Waals surface area contributed by atoms with Crippen LogP contribution in [0.15, 0.2) is 109 Å². The predicted molar refractivity (Wildman–Crippen MR) is 200 cm³/mol. The molecule has 5 rings (SSSR count). The maximum Gasteiger partial charge on any atom is 0.0434 e. The second-order valence-electron chi connectivity index (χ2n) is 8.33. The summed E-state index contributed by atoms with van der Waals surface area (Å²) in [7, 11) is 5.33. The van der Waals surface area contributed by atoms with Crippen molar-refractivity contribution in [2.45, 2.75) is 62.3 Å². The standard InChI is InChI=1S/C30H24NS.C2H6N.4C2H6.Y/c1-21-13-15-24(16-14-21)29-27(22-9-5-3-6-10-22)28(23-11-7-4-8-12-23)30(32-29)25-17-19-26(31-2)20-18-25;1-3-2;4*1-2;/h3-20H,1-2H3;1-2H3;4*1-2H3;/q2*-1;;;;;. The Balaban J connectivity index is 0. The monoisotopic (exact) mass is 683 g/mol. The molecule has 1 aromatic heterocycles. The fourth-order valence-corrected chi connectivity index (χ4v) is 5.42. The van der Waals surface area contributed by atoms with Gasteiger partial charge in [-0.2, -0.15) is 14.1 Å². The molecule has 0 unspecified atom stereocenters. The minimum Gasteiger partial charge on any atom is -0.687 e. The van der Waals surface area contributed by atoms with E-state index in [2.05, 4.69) is 127 Å². The van der Waals surface area contributed by atoms with Crippen molar-refractivity contribution in [2.24, 2.45) is 0 Å². The van der Waals surface area contributed by atoms with Crippen LogP contribution in [0.4, 0.5) is 5.69 Å². The molecule has 0 atom stereocenters. The van der Waals surface area contributed by atoms with Gasteiger partial charge in [-0.25, -0.2) is 0 Å². The van der Waals surface area contributed by atoms with Crippen molar-refractivity contribution in [3.8, 4) is 43.1 Å². The Labute approximate surface area is 299 Å². The van der Waals surface area contributed by atoms with Crippen molar-refractivity contribution in [3.05, 3.63) is 125 Å². The number of nitrogens with zero attached hydrogens (tertiary/aromatic N) is 2. The molecule has 0 bridgehead atoms. The Morgan fingerprint density at radius 1 is 0.432 bits per heavy atom. The third-order valence-electron chi connectivity index (χ3n) is 5.73. The van der Waals surface area contributed by atoms with Crippen LogP contribution in [0, 0.1) is 6.92 Å². The molecular formula is C40H54N2SY-2. The van der Waals surface area contributed by atoms with Gasteiger partial charge in [0.1, 0.15) is 0 Å². The summed E-state index contributed by atoms with van der Waals surface area (Å²) in [5.74, 6) is 0. The normalized spacial score (nSPS) is 8.82. The number of thiophene rings is 1. The fraction of sp³-hybridized carbons (Fsp3) is 0.300. The molecule has 44 heavy (non-hydrogen) atoms. The maximum absolute atomic E-state index is 4.32. The molecule has 1 radical (unpaired) electrons. The van der Waals surface area contributed by atoms with Gasteiger partial charge in [0.05, 0.1) is 0 Å². The van der Waals surface area contributed by atoms with Crippen molar-refractivity contribution in [2.75, 3.05) is 21.1 Å². The van der Waals surface area contributed by atoms with Crippen LogP contribution in [0.2, 0.25) is 0 Å². The first kappa shape index (κ1) is 43.6. The van der Waals surface area contributed by atoms with Gasteiger partial charge in [-0.15, -0.1) is 24.1 Å². The molecule has 4 heteroatoms. The van der Waals surface area contributed by atoms with Gasteiger partial charge in [0, 0.05) is 53.6 Å². The van der Waals surface area contributed by atoms with Crippen LogP contribution in [0.3, 0.4) is 0 Å². The zero-order valence-electron chi connectivity index (χ0n) is 29.3. The molecule has 0 aliphatic heterocycles. The third-order valence-corrected chi connectivity index (χ3v) is 7.02. The van der Waals surface area contributed by atoms with Gasteiger partial charge in [-0.3, -0.25) is 0 Å². The Kier molecular flexibility index (Phi) is 26.6. The van der Waals surface area contributed by atoms with Gasteiger partial charge >= 0.3 is 0 Å². The second kappa shape index (κ2) is 26.8. The van der Waals surface area contributed by atoms with Crippen LogP contribution >= 0.6 is 11.3 Å². The van der Waals surface area contributed by atoms with Crippen molar-refractivity contribution in [3.63, 3.8) is 0 Å². The Morgan fingerprint density at radius 2 is 0.750 bits per heavy atom. The zero-order chi connectivity index (χ0) is 32.6. The number of aryl methyl sites for hydroxylation is 1. The number of rotatable bonds is 5. The van der Waals surface area contributed by atoms with E-state index >= 15 is 0 Å². The summed E-state index contributed by atoms with van der Waals surface area (Å²) in [6, 6.07) is 39.0. The van der Waals surface area contributed by atoms with E-state index in [1.165, 1.54) is 48.7 Å². The topological polar surface area (TPSA) is 28.2 Å². The molecule has 4 aromatic carbocycles. The summed E-state index contributed by atoms with van der Waals surface area (Å²) in [6.07, 6.45) is 0. The van der Waals surface area contributed by atoms with Gasteiger partial charge in [-0.1, -0.05) is 170 Å². The summed E-state index contributed by atoms with van der Waals surface area (Å²) in [4.78, 5) is 2.59. The Bertz CT molecular complexity index is 1340. The van der Waals surface area contributed by atoms with Gasteiger partial charge < -0.3 is 10.6 Å². The minimum absolute atomic E-state index is 0. The van der Waals surface area contributed by atoms with Crippen molar-refractivity contribution < 1.29 is 32.7 Å². The molecule has 2 nitrogen and oxygen atoms in total. The van der Waals surface area contributed by atoms with Crippen LogP contribution in [0.1, 0.15) is 61.0 Å². The first-order valence-electron chi connectivity index (χ1n) is 15.7. The van der Waals surface area contributed by atoms with Crippen LogP contribution in [-0.4, -0.2) is 21.1 Å². The van der Waals surface area contributed by atoms with E-state index in [0.29, 0.717) is 0 Å². The molecule has 0 N–H and O–H groups in total. The Morgan fingerprint density at radius 3 is 1.07 bits per heavy atom. The molecule has 1 heterocycles. The minimum atomic E-state index is 0. The SMILES string of the molecule is CC.CC.CC.CC.C[N-]C.C[N-]c1ccc(-c2sc(-c3ccc(C)cc3)c(-c3ccccc3)c2-c2ccccc2)cc1.[Y]. The third kappa shape index (κ3) is 12.8. The summed E-state index contributed by atoms with van der Waals surface area (Å²) >= 11 is 1.87. The summed E-state index contributed by atoms with van der Waals surface area (Å²) in [5.41, 5.74) is 9.80. The smallest absolute Gasteiger partial charge is 0.0434 e. The van der Waals surface area contributed by atoms with Crippen LogP contribution in [-0.2, 0) is 32.7 Å². The van der Waals surface area contributed by atoms with Gasteiger partial charge in [0.2, 0.25) is 0 Å². The van der Waals surface area contributed by atoms with Crippen molar-refractivity contribution in [1.29, 1.82) is 0 Å². The molecule has 5 aromatic rings. The van der Waals surface area contributed by atoms with Crippen LogP contribution < -0.4 is 0 Å². The van der Waals surface area contributed by atoms with E-state index in [9.17, 15) is 0 Å². The van der Waals surface area contributed by atoms with Gasteiger partial charge in [0.25, 0.3) is 0 Å². The second-order valence-corrected chi connectivity index (χ2v) is 9.35. The molecule has 0 spiro atoms. The van der Waals surface area contributed by atoms with E-state index in [-0.39, 0.29) is 32.7 Å². The van der Waals surface area contributed by atoms with E-state index < -0.39 is 0 Å². The molecule has 0 amide bonds. The largest absolute Gasteiger partial charge is 0.687 e. The molecule has 0 aliphatic carbocycles. The summed E-state index contributed by atoms with van der Waals surface area (Å²) in [5, 5.41) is 7.82. The molecule has 0 aliphatic rings.